The number of carbonyl (C=O) groups is 2. The van der Waals surface area contributed by atoms with E-state index >= 15 is 0 Å². The first-order valence-corrected chi connectivity index (χ1v) is 33.1. The number of ether oxygens (including phenoxy) is 2. The predicted octanol–water partition coefficient (Wildman–Crippen LogP) is 20.6. The Balaban J connectivity index is 4.06. The Kier molecular flexibility index (Phi) is 60.8. The number of allylic oxidation sites excluding steroid dienone is 28. The highest BCUT2D eigenvalue weighted by Gasteiger charge is 2.26. The molecule has 0 amide bonds. The molecule has 9 nitrogen and oxygen atoms in total. The Bertz CT molecular complexity index is 1930. The molecular formula is C71H114NO8P. The summed E-state index contributed by atoms with van der Waals surface area (Å²) in [6.45, 7) is 3.55. The fourth-order valence-electron chi connectivity index (χ4n) is 7.94. The number of esters is 2. The minimum absolute atomic E-state index is 0.0396. The van der Waals surface area contributed by atoms with Crippen molar-refractivity contribution in [1.82, 2.24) is 0 Å². The van der Waals surface area contributed by atoms with Gasteiger partial charge in [0.15, 0.2) is 6.10 Å². The maximum absolute atomic E-state index is 12.7. The number of unbranched alkanes of at least 4 members (excludes halogenated alkanes) is 16. The number of phosphoric ester groups is 1. The average molecular weight is 1140 g/mol. The second kappa shape index (κ2) is 64.5. The lowest BCUT2D eigenvalue weighted by atomic mass is 10.1. The van der Waals surface area contributed by atoms with Gasteiger partial charge < -0.3 is 20.1 Å². The summed E-state index contributed by atoms with van der Waals surface area (Å²) in [6.07, 6.45) is 95.6. The molecule has 0 heterocycles. The molecular weight excluding hydrogens is 1030 g/mol. The van der Waals surface area contributed by atoms with Crippen molar-refractivity contribution >= 4 is 19.8 Å². The Morgan fingerprint density at radius 3 is 1.01 bits per heavy atom. The lowest BCUT2D eigenvalue weighted by Crippen LogP contribution is -2.29. The van der Waals surface area contributed by atoms with Crippen molar-refractivity contribution < 1.29 is 37.6 Å². The molecule has 0 bridgehead atoms. The lowest BCUT2D eigenvalue weighted by molar-refractivity contribution is -0.161. The van der Waals surface area contributed by atoms with E-state index in [9.17, 15) is 19.0 Å². The van der Waals surface area contributed by atoms with E-state index in [0.717, 1.165) is 141 Å². The van der Waals surface area contributed by atoms with E-state index in [-0.39, 0.29) is 32.6 Å². The molecule has 0 aliphatic rings. The van der Waals surface area contributed by atoms with Crippen LogP contribution in [0.1, 0.15) is 232 Å². The molecule has 0 aromatic carbocycles. The van der Waals surface area contributed by atoms with Gasteiger partial charge in [0, 0.05) is 19.4 Å². The summed E-state index contributed by atoms with van der Waals surface area (Å²) in [7, 11) is -4.41. The molecule has 3 N–H and O–H groups in total. The first-order valence-electron chi connectivity index (χ1n) is 31.6. The van der Waals surface area contributed by atoms with Crippen molar-refractivity contribution in [3.8, 4) is 0 Å². The van der Waals surface area contributed by atoms with Gasteiger partial charge in [-0.15, -0.1) is 0 Å². The standard InChI is InChI=1S/C71H114NO8P/c1-3-5-7-9-11-13-15-17-19-21-23-24-25-26-27-28-29-30-31-32-33-34-35-36-37-38-39-40-41-42-43-44-46-48-50-52-54-56-58-60-62-64-71(74)80-69(68-79-81(75,76)78-66-65-72)67-77-70(73)63-61-59-57-55-53-51-49-47-45-22-20-18-16-14-12-10-8-6-4-2/h5,7,11-14,17-20,23-24,26-27,29-30,32-33,35-36,38-39,41-42,44,46,50,52,69H,3-4,6,8-10,15-16,21-22,25,28,31,34,37,40,43,45,47-49,51,53-68,72H2,1-2H3,(H,75,76)/b7-5-,13-11-,14-12-,19-17-,20-18-,24-23-,27-26-,30-29-,33-32-,36-35-,39-38-,42-41-,46-44-,52-50-. The number of nitrogens with two attached hydrogens (primary N) is 1. The Hall–Kier alpha value is -4.63. The molecule has 0 rings (SSSR count). The van der Waals surface area contributed by atoms with E-state index in [1.807, 2.05) is 0 Å². The molecule has 0 fully saturated rings. The van der Waals surface area contributed by atoms with Crippen molar-refractivity contribution in [3.05, 3.63) is 170 Å². The van der Waals surface area contributed by atoms with E-state index in [2.05, 4.69) is 184 Å². The third-order valence-corrected chi connectivity index (χ3v) is 13.6. The molecule has 0 spiro atoms. The number of hydrogen-bond acceptors (Lipinski definition) is 8. The minimum Gasteiger partial charge on any atom is -0.462 e. The molecule has 456 valence electrons. The highest BCUT2D eigenvalue weighted by atomic mass is 31.2. The van der Waals surface area contributed by atoms with E-state index in [4.69, 9.17) is 24.3 Å². The molecule has 0 aliphatic heterocycles. The van der Waals surface area contributed by atoms with Crippen LogP contribution in [0.2, 0.25) is 0 Å². The monoisotopic (exact) mass is 1140 g/mol. The van der Waals surface area contributed by atoms with Crippen LogP contribution >= 0.6 is 7.82 Å². The van der Waals surface area contributed by atoms with Gasteiger partial charge in [-0.05, 0) is 135 Å². The van der Waals surface area contributed by atoms with Crippen LogP contribution in [0.5, 0.6) is 0 Å². The molecule has 0 aromatic heterocycles. The maximum Gasteiger partial charge on any atom is 0.472 e. The highest BCUT2D eigenvalue weighted by molar-refractivity contribution is 7.47. The topological polar surface area (TPSA) is 134 Å². The van der Waals surface area contributed by atoms with E-state index < -0.39 is 32.5 Å². The molecule has 0 saturated carbocycles. The summed E-state index contributed by atoms with van der Waals surface area (Å²) in [5.74, 6) is -0.873. The fourth-order valence-corrected chi connectivity index (χ4v) is 8.71. The zero-order chi connectivity index (χ0) is 58.7. The minimum atomic E-state index is -4.41. The van der Waals surface area contributed by atoms with Gasteiger partial charge in [-0.1, -0.05) is 255 Å². The summed E-state index contributed by atoms with van der Waals surface area (Å²) in [4.78, 5) is 35.2. The summed E-state index contributed by atoms with van der Waals surface area (Å²) >= 11 is 0. The molecule has 0 aromatic rings. The largest absolute Gasteiger partial charge is 0.472 e. The molecule has 10 heteroatoms. The van der Waals surface area contributed by atoms with Crippen LogP contribution in [-0.2, 0) is 32.7 Å². The van der Waals surface area contributed by atoms with Crippen LogP contribution in [-0.4, -0.2) is 49.3 Å². The highest BCUT2D eigenvalue weighted by Crippen LogP contribution is 2.43. The Labute approximate surface area is 495 Å². The second-order valence-electron chi connectivity index (χ2n) is 20.2. The van der Waals surface area contributed by atoms with Gasteiger partial charge in [-0.3, -0.25) is 18.6 Å². The van der Waals surface area contributed by atoms with Gasteiger partial charge in [-0.2, -0.15) is 0 Å². The molecule has 0 radical (unpaired) electrons. The van der Waals surface area contributed by atoms with Crippen LogP contribution < -0.4 is 5.73 Å². The van der Waals surface area contributed by atoms with Crippen LogP contribution in [0.25, 0.3) is 0 Å². The molecule has 2 unspecified atom stereocenters. The normalized spacial score (nSPS) is 14.2. The Morgan fingerprint density at radius 1 is 0.383 bits per heavy atom. The number of rotatable bonds is 57. The van der Waals surface area contributed by atoms with Crippen LogP contribution in [0.4, 0.5) is 0 Å². The van der Waals surface area contributed by atoms with Crippen molar-refractivity contribution in [3.63, 3.8) is 0 Å². The van der Waals surface area contributed by atoms with Crippen molar-refractivity contribution in [2.75, 3.05) is 26.4 Å². The summed E-state index contributed by atoms with van der Waals surface area (Å²) in [5.41, 5.74) is 5.38. The number of carbonyl (C=O) groups excluding carboxylic acids is 2. The third kappa shape index (κ3) is 64.4. The van der Waals surface area contributed by atoms with Gasteiger partial charge >= 0.3 is 19.8 Å². The molecule has 2 atom stereocenters. The summed E-state index contributed by atoms with van der Waals surface area (Å²) < 4.78 is 33.0. The maximum atomic E-state index is 12.7. The summed E-state index contributed by atoms with van der Waals surface area (Å²) in [6, 6.07) is 0. The Morgan fingerprint density at radius 2 is 0.679 bits per heavy atom. The third-order valence-electron chi connectivity index (χ3n) is 12.6. The first-order chi connectivity index (χ1) is 39.8. The van der Waals surface area contributed by atoms with Gasteiger partial charge in [-0.25, -0.2) is 4.57 Å². The van der Waals surface area contributed by atoms with Crippen molar-refractivity contribution in [2.24, 2.45) is 5.73 Å². The average Bonchev–Trinajstić information content (AvgIpc) is 3.46. The smallest absolute Gasteiger partial charge is 0.462 e. The van der Waals surface area contributed by atoms with Gasteiger partial charge in [0.25, 0.3) is 0 Å². The van der Waals surface area contributed by atoms with Crippen molar-refractivity contribution in [1.29, 1.82) is 0 Å². The van der Waals surface area contributed by atoms with Crippen LogP contribution in [0.15, 0.2) is 170 Å². The SMILES string of the molecule is CC/C=C\C/C=C\C/C=C\C/C=C\C/C=C\C/C=C\C/C=C\C/C=C\C/C=C\C/C=C\C/C=C\C/C=C\CCCCCCC(=O)OC(COC(=O)CCCCCCCCCCC/C=C\C/C=C\CCCCC)COP(=O)(O)OCCN. The summed E-state index contributed by atoms with van der Waals surface area (Å²) in [5, 5.41) is 0. The second-order valence-corrected chi connectivity index (χ2v) is 21.6. The van der Waals surface area contributed by atoms with E-state index in [0.29, 0.717) is 6.42 Å². The molecule has 0 aliphatic carbocycles. The zero-order valence-electron chi connectivity index (χ0n) is 50.9. The van der Waals surface area contributed by atoms with Gasteiger partial charge in [0.05, 0.1) is 13.2 Å². The van der Waals surface area contributed by atoms with Crippen LogP contribution in [0, 0.1) is 0 Å². The van der Waals surface area contributed by atoms with E-state index in [1.54, 1.807) is 0 Å². The van der Waals surface area contributed by atoms with Crippen LogP contribution in [0.3, 0.4) is 0 Å². The lowest BCUT2D eigenvalue weighted by Gasteiger charge is -2.19. The fraction of sp³-hybridized carbons (Fsp3) is 0.577. The number of phosphoric acid groups is 1. The molecule has 0 saturated heterocycles. The van der Waals surface area contributed by atoms with Crippen molar-refractivity contribution in [2.45, 2.75) is 238 Å². The first kappa shape index (κ1) is 76.4. The molecule has 81 heavy (non-hydrogen) atoms. The zero-order valence-corrected chi connectivity index (χ0v) is 51.8. The van der Waals surface area contributed by atoms with Gasteiger partial charge in [0.1, 0.15) is 6.61 Å². The van der Waals surface area contributed by atoms with Gasteiger partial charge in [0.2, 0.25) is 0 Å². The predicted molar refractivity (Wildman–Crippen MR) is 348 cm³/mol. The number of hydrogen-bond donors (Lipinski definition) is 2. The van der Waals surface area contributed by atoms with E-state index in [1.165, 1.54) is 57.8 Å². The quantitative estimate of drug-likeness (QED) is 0.0264.